The van der Waals surface area contributed by atoms with Crippen molar-refractivity contribution in [2.45, 2.75) is 31.9 Å². The van der Waals surface area contributed by atoms with Crippen LogP contribution in [0.5, 0.6) is 0 Å². The Morgan fingerprint density at radius 1 is 1.12 bits per heavy atom. The molecule has 9 heteroatoms. The van der Waals surface area contributed by atoms with E-state index in [1.54, 1.807) is 24.5 Å². The number of nitriles is 1. The highest BCUT2D eigenvalue weighted by Gasteiger charge is 2.25. The molecule has 3 aromatic rings. The molecule has 0 saturated carbocycles. The summed E-state index contributed by atoms with van der Waals surface area (Å²) in [5.74, 6) is 1.65. The Morgan fingerprint density at radius 3 is 2.74 bits per heavy atom. The molecule has 5 rings (SSSR count). The van der Waals surface area contributed by atoms with Gasteiger partial charge in [-0.15, -0.1) is 0 Å². The maximum Gasteiger partial charge on any atom is 0.227 e. The highest BCUT2D eigenvalue weighted by molar-refractivity contribution is 5.67. The number of alkyl halides is 1. The number of piperidine rings is 1. The molecule has 0 unspecified atom stereocenters. The number of hydrogen-bond acceptors (Lipinski definition) is 8. The van der Waals surface area contributed by atoms with E-state index >= 15 is 0 Å². The third-order valence-corrected chi connectivity index (χ3v) is 6.41. The summed E-state index contributed by atoms with van der Waals surface area (Å²) >= 11 is 0. The lowest BCUT2D eigenvalue weighted by Crippen LogP contribution is -2.28. The molecular weight excluding hydrogens is 431 g/mol. The first-order chi connectivity index (χ1) is 16.7. The number of nitrogens with one attached hydrogen (secondary N) is 2. The summed E-state index contributed by atoms with van der Waals surface area (Å²) in [7, 11) is 0. The van der Waals surface area contributed by atoms with Gasteiger partial charge in [0.1, 0.15) is 18.1 Å². The van der Waals surface area contributed by atoms with E-state index in [-0.39, 0.29) is 6.54 Å². The van der Waals surface area contributed by atoms with Gasteiger partial charge in [-0.3, -0.25) is 4.98 Å². The molecule has 0 spiro atoms. The Morgan fingerprint density at radius 2 is 2.00 bits per heavy atom. The van der Waals surface area contributed by atoms with E-state index in [1.807, 2.05) is 17.2 Å². The summed E-state index contributed by atoms with van der Waals surface area (Å²) in [5, 5.41) is 16.2. The van der Waals surface area contributed by atoms with Crippen molar-refractivity contribution in [1.29, 1.82) is 5.26 Å². The standard InChI is InChI=1S/C25H27FN8/c26-20-6-10-34(16-20)24-18(13-27)12-19(14-31-24)23-5-9-29-25(33-23)32-22-2-1-21(30-15-22)11-17-3-7-28-8-4-17/h1-2,5,9,12,14-15,17,20,28H,3-4,6-8,10-11,16H2,(H,29,32,33)/t20-/m0/s1. The molecular formula is C25H27FN8. The molecule has 0 bridgehead atoms. The zero-order valence-electron chi connectivity index (χ0n) is 18.9. The summed E-state index contributed by atoms with van der Waals surface area (Å²) in [5.41, 5.74) is 3.67. The molecule has 3 aromatic heterocycles. The summed E-state index contributed by atoms with van der Waals surface area (Å²) in [4.78, 5) is 19.8. The van der Waals surface area contributed by atoms with Crippen molar-refractivity contribution in [3.63, 3.8) is 0 Å². The van der Waals surface area contributed by atoms with Gasteiger partial charge < -0.3 is 15.5 Å². The molecule has 0 amide bonds. The quantitative estimate of drug-likeness (QED) is 0.577. The van der Waals surface area contributed by atoms with Gasteiger partial charge >= 0.3 is 0 Å². The largest absolute Gasteiger partial charge is 0.352 e. The smallest absolute Gasteiger partial charge is 0.227 e. The molecule has 0 radical (unpaired) electrons. The topological polar surface area (TPSA) is 103 Å². The predicted octanol–water partition coefficient (Wildman–Crippen LogP) is 3.64. The zero-order valence-corrected chi connectivity index (χ0v) is 18.9. The van der Waals surface area contributed by atoms with Crippen molar-refractivity contribution in [2.75, 3.05) is 36.4 Å². The monoisotopic (exact) mass is 458 g/mol. The number of hydrogen-bond donors (Lipinski definition) is 2. The third-order valence-electron chi connectivity index (χ3n) is 6.41. The second kappa shape index (κ2) is 10.1. The minimum absolute atomic E-state index is 0.271. The Hall–Kier alpha value is -3.64. The SMILES string of the molecule is N#Cc1cc(-c2ccnc(Nc3ccc(CC4CCNCC4)nc3)n2)cnc1N1CC[C@H](F)C1. The third kappa shape index (κ3) is 5.13. The van der Waals surface area contributed by atoms with Crippen molar-refractivity contribution in [3.05, 3.63) is 54.1 Å². The lowest BCUT2D eigenvalue weighted by atomic mass is 9.93. The Labute approximate surface area is 198 Å². The molecule has 1 atom stereocenters. The van der Waals surface area contributed by atoms with E-state index in [1.165, 1.54) is 12.8 Å². The first-order valence-corrected chi connectivity index (χ1v) is 11.7. The van der Waals surface area contributed by atoms with E-state index in [9.17, 15) is 9.65 Å². The van der Waals surface area contributed by atoms with Gasteiger partial charge in [-0.2, -0.15) is 5.26 Å². The van der Waals surface area contributed by atoms with Crippen molar-refractivity contribution in [3.8, 4) is 17.3 Å². The Balaban J connectivity index is 1.28. The van der Waals surface area contributed by atoms with Crippen molar-refractivity contribution in [2.24, 2.45) is 5.92 Å². The van der Waals surface area contributed by atoms with Crippen LogP contribution >= 0.6 is 0 Å². The van der Waals surface area contributed by atoms with Crippen LogP contribution in [0.15, 0.2) is 42.9 Å². The number of aromatic nitrogens is 4. The molecule has 2 fully saturated rings. The number of rotatable bonds is 6. The van der Waals surface area contributed by atoms with E-state index in [2.05, 4.69) is 42.7 Å². The van der Waals surface area contributed by atoms with Crippen LogP contribution in [0.3, 0.4) is 0 Å². The highest BCUT2D eigenvalue weighted by atomic mass is 19.1. The number of pyridine rings is 2. The van der Waals surface area contributed by atoms with E-state index in [0.717, 1.165) is 30.9 Å². The van der Waals surface area contributed by atoms with Crippen LogP contribution in [0.25, 0.3) is 11.3 Å². The van der Waals surface area contributed by atoms with Crippen LogP contribution in [0.4, 0.5) is 21.8 Å². The maximum atomic E-state index is 13.6. The molecule has 2 saturated heterocycles. The first-order valence-electron chi connectivity index (χ1n) is 11.7. The minimum atomic E-state index is -0.878. The van der Waals surface area contributed by atoms with Gasteiger partial charge in [0, 0.05) is 30.2 Å². The van der Waals surface area contributed by atoms with E-state index < -0.39 is 6.17 Å². The van der Waals surface area contributed by atoms with Crippen molar-refractivity contribution >= 4 is 17.5 Å². The van der Waals surface area contributed by atoms with Gasteiger partial charge in [-0.05, 0) is 69.0 Å². The summed E-state index contributed by atoms with van der Waals surface area (Å²) in [6.07, 6.45) is 8.12. The van der Waals surface area contributed by atoms with Crippen LogP contribution in [0.1, 0.15) is 30.5 Å². The van der Waals surface area contributed by atoms with Crippen LogP contribution < -0.4 is 15.5 Å². The summed E-state index contributed by atoms with van der Waals surface area (Å²) in [6.45, 7) is 3.01. The van der Waals surface area contributed by atoms with Crippen LogP contribution in [0.2, 0.25) is 0 Å². The van der Waals surface area contributed by atoms with Gasteiger partial charge in [-0.25, -0.2) is 19.3 Å². The van der Waals surface area contributed by atoms with Gasteiger partial charge in [0.15, 0.2) is 0 Å². The minimum Gasteiger partial charge on any atom is -0.352 e. The first kappa shape index (κ1) is 22.2. The van der Waals surface area contributed by atoms with E-state index in [0.29, 0.717) is 47.5 Å². The lowest BCUT2D eigenvalue weighted by Gasteiger charge is -2.22. The van der Waals surface area contributed by atoms with Crippen LogP contribution in [-0.4, -0.2) is 52.3 Å². The second-order valence-electron chi connectivity index (χ2n) is 8.87. The van der Waals surface area contributed by atoms with Crippen LogP contribution in [0, 0.1) is 17.2 Å². The molecule has 2 aliphatic heterocycles. The molecule has 0 aliphatic carbocycles. The van der Waals surface area contributed by atoms with Crippen molar-refractivity contribution in [1.82, 2.24) is 25.3 Å². The number of halogens is 1. The summed E-state index contributed by atoms with van der Waals surface area (Å²) < 4.78 is 13.6. The average Bonchev–Trinajstić information content (AvgIpc) is 3.31. The average molecular weight is 459 g/mol. The molecule has 0 aromatic carbocycles. The Kier molecular flexibility index (Phi) is 6.58. The fourth-order valence-corrected chi connectivity index (χ4v) is 4.55. The van der Waals surface area contributed by atoms with E-state index in [4.69, 9.17) is 0 Å². The van der Waals surface area contributed by atoms with Gasteiger partial charge in [0.25, 0.3) is 0 Å². The number of anilines is 3. The molecule has 8 nitrogen and oxygen atoms in total. The van der Waals surface area contributed by atoms with Gasteiger partial charge in [0.2, 0.25) is 5.95 Å². The second-order valence-corrected chi connectivity index (χ2v) is 8.87. The maximum absolute atomic E-state index is 13.6. The Bertz CT molecular complexity index is 1170. The molecule has 34 heavy (non-hydrogen) atoms. The fourth-order valence-electron chi connectivity index (χ4n) is 4.55. The van der Waals surface area contributed by atoms with Crippen LogP contribution in [-0.2, 0) is 6.42 Å². The fraction of sp³-hybridized carbons (Fsp3) is 0.400. The molecule has 174 valence electrons. The van der Waals surface area contributed by atoms with Gasteiger partial charge in [-0.1, -0.05) is 0 Å². The predicted molar refractivity (Wildman–Crippen MR) is 129 cm³/mol. The summed E-state index contributed by atoms with van der Waals surface area (Å²) in [6, 6.07) is 9.76. The van der Waals surface area contributed by atoms with Crippen molar-refractivity contribution < 1.29 is 4.39 Å². The van der Waals surface area contributed by atoms with Gasteiger partial charge in [0.05, 0.1) is 29.7 Å². The zero-order chi connectivity index (χ0) is 23.3. The molecule has 2 aliphatic rings. The normalized spacial score (nSPS) is 18.6. The lowest BCUT2D eigenvalue weighted by molar-refractivity contribution is 0.364. The molecule has 2 N–H and O–H groups in total. The highest BCUT2D eigenvalue weighted by Crippen LogP contribution is 2.27. The molecule has 5 heterocycles. The number of nitrogens with zero attached hydrogens (tertiary/aromatic N) is 6.